The number of amides is 1. The Hall–Kier alpha value is -1.67. The van der Waals surface area contributed by atoms with Crippen molar-refractivity contribution < 1.29 is 4.79 Å². The molecule has 1 fully saturated rings. The molecule has 6 nitrogen and oxygen atoms in total. The minimum atomic E-state index is -0.185. The van der Waals surface area contributed by atoms with Crippen molar-refractivity contribution in [1.29, 1.82) is 0 Å². The van der Waals surface area contributed by atoms with Crippen molar-refractivity contribution in [3.8, 4) is 0 Å². The molecule has 0 radical (unpaired) electrons. The van der Waals surface area contributed by atoms with E-state index >= 15 is 0 Å². The summed E-state index contributed by atoms with van der Waals surface area (Å²) in [6.45, 7) is 2.40. The number of nitrogen functional groups attached to an aromatic ring is 1. The van der Waals surface area contributed by atoms with Gasteiger partial charge in [0.1, 0.15) is 10.7 Å². The second-order valence-corrected chi connectivity index (χ2v) is 7.00. The fourth-order valence-corrected chi connectivity index (χ4v) is 3.31. The Bertz CT molecular complexity index is 632. The van der Waals surface area contributed by atoms with Crippen LogP contribution in [0.1, 0.15) is 32.4 Å². The summed E-state index contributed by atoms with van der Waals surface area (Å²) in [5, 5.41) is 7.81. The molecule has 0 unspecified atom stereocenters. The van der Waals surface area contributed by atoms with E-state index in [0.717, 1.165) is 27.9 Å². The lowest BCUT2D eigenvalue weighted by molar-refractivity contribution is 0.0956. The van der Waals surface area contributed by atoms with Gasteiger partial charge < -0.3 is 16.4 Å². The minimum Gasteiger partial charge on any atom is -0.382 e. The van der Waals surface area contributed by atoms with Crippen LogP contribution in [0.5, 0.6) is 0 Å². The number of carbonyl (C=O) groups excluding carboxylic acids is 1. The molecule has 1 saturated carbocycles. The first-order valence-corrected chi connectivity index (χ1v) is 7.97. The molecule has 3 rings (SSSR count). The van der Waals surface area contributed by atoms with Gasteiger partial charge in [0.2, 0.25) is 0 Å². The van der Waals surface area contributed by atoms with E-state index in [1.54, 1.807) is 17.5 Å². The standard InChI is InChI=1S/C12H15N5OS2/c1-6-14-4-8(19-6)5-15-11(18)9-10(13)17-12(20-9)16-7-2-3-7/h4,7H,2-3,5,13H2,1H3,(H,15,18)(H,16,17). The zero-order chi connectivity index (χ0) is 14.1. The maximum atomic E-state index is 12.1. The van der Waals surface area contributed by atoms with Gasteiger partial charge >= 0.3 is 0 Å². The molecule has 1 aliphatic rings. The molecule has 1 amide bonds. The predicted octanol–water partition coefficient (Wildman–Crippen LogP) is 1.99. The smallest absolute Gasteiger partial charge is 0.265 e. The maximum Gasteiger partial charge on any atom is 0.265 e. The van der Waals surface area contributed by atoms with Crippen molar-refractivity contribution in [2.75, 3.05) is 11.1 Å². The van der Waals surface area contributed by atoms with Gasteiger partial charge in [-0.05, 0) is 19.8 Å². The average Bonchev–Trinajstić information content (AvgIpc) is 3.00. The number of aromatic nitrogens is 2. The molecule has 2 aromatic rings. The van der Waals surface area contributed by atoms with E-state index < -0.39 is 0 Å². The summed E-state index contributed by atoms with van der Waals surface area (Å²) in [6.07, 6.45) is 4.09. The predicted molar refractivity (Wildman–Crippen MR) is 81.2 cm³/mol. The summed E-state index contributed by atoms with van der Waals surface area (Å²) in [5.41, 5.74) is 5.80. The van der Waals surface area contributed by atoms with Crippen LogP contribution in [0.25, 0.3) is 0 Å². The third-order valence-corrected chi connectivity index (χ3v) is 4.77. The number of hydrogen-bond donors (Lipinski definition) is 3. The van der Waals surface area contributed by atoms with E-state index in [1.807, 2.05) is 6.92 Å². The van der Waals surface area contributed by atoms with Crippen LogP contribution in [0.4, 0.5) is 10.9 Å². The average molecular weight is 309 g/mol. The third-order valence-electron chi connectivity index (χ3n) is 2.86. The molecule has 0 aromatic carbocycles. The maximum absolute atomic E-state index is 12.1. The molecule has 0 spiro atoms. The Morgan fingerprint density at radius 1 is 1.50 bits per heavy atom. The second kappa shape index (κ2) is 5.37. The number of nitrogens with two attached hydrogens (primary N) is 1. The number of rotatable bonds is 5. The minimum absolute atomic E-state index is 0.185. The summed E-state index contributed by atoms with van der Waals surface area (Å²) in [7, 11) is 0. The van der Waals surface area contributed by atoms with Gasteiger partial charge in [-0.1, -0.05) is 11.3 Å². The van der Waals surface area contributed by atoms with E-state index in [2.05, 4.69) is 20.6 Å². The van der Waals surface area contributed by atoms with Gasteiger partial charge in [0, 0.05) is 17.1 Å². The Labute approximate surface area is 124 Å². The molecule has 0 bridgehead atoms. The number of nitrogens with one attached hydrogen (secondary N) is 2. The molecule has 20 heavy (non-hydrogen) atoms. The van der Waals surface area contributed by atoms with E-state index in [4.69, 9.17) is 5.73 Å². The number of nitrogens with zero attached hydrogens (tertiary/aromatic N) is 2. The van der Waals surface area contributed by atoms with Gasteiger partial charge in [-0.15, -0.1) is 11.3 Å². The summed E-state index contributed by atoms with van der Waals surface area (Å²) >= 11 is 2.87. The molecular formula is C12H15N5OS2. The highest BCUT2D eigenvalue weighted by molar-refractivity contribution is 7.18. The molecule has 8 heteroatoms. The van der Waals surface area contributed by atoms with Gasteiger partial charge in [0.05, 0.1) is 11.6 Å². The molecule has 0 atom stereocenters. The van der Waals surface area contributed by atoms with Crippen molar-refractivity contribution >= 4 is 39.5 Å². The Kier molecular flexibility index (Phi) is 3.58. The summed E-state index contributed by atoms with van der Waals surface area (Å²) < 4.78 is 0. The summed E-state index contributed by atoms with van der Waals surface area (Å²) in [6, 6.07) is 0.497. The van der Waals surface area contributed by atoms with Gasteiger partial charge in [0.15, 0.2) is 5.13 Å². The van der Waals surface area contributed by atoms with Crippen LogP contribution in [0.2, 0.25) is 0 Å². The Balaban J connectivity index is 1.62. The van der Waals surface area contributed by atoms with E-state index in [9.17, 15) is 4.79 Å². The second-order valence-electron chi connectivity index (χ2n) is 4.68. The number of carbonyl (C=O) groups is 1. The van der Waals surface area contributed by atoms with Crippen molar-refractivity contribution in [3.05, 3.63) is 21.0 Å². The molecular weight excluding hydrogens is 294 g/mol. The van der Waals surface area contributed by atoms with Crippen LogP contribution in [0.3, 0.4) is 0 Å². The van der Waals surface area contributed by atoms with E-state index in [1.165, 1.54) is 11.3 Å². The fourth-order valence-electron chi connectivity index (χ4n) is 1.69. The third kappa shape index (κ3) is 3.07. The number of aryl methyl sites for hydroxylation is 1. The molecule has 2 heterocycles. The first-order chi connectivity index (χ1) is 9.61. The van der Waals surface area contributed by atoms with E-state index in [0.29, 0.717) is 17.5 Å². The highest BCUT2D eigenvalue weighted by Crippen LogP contribution is 2.30. The molecule has 0 saturated heterocycles. The molecule has 2 aromatic heterocycles. The SMILES string of the molecule is Cc1ncc(CNC(=O)c2sc(NC3CC3)nc2N)s1. The zero-order valence-electron chi connectivity index (χ0n) is 11.0. The first-order valence-electron chi connectivity index (χ1n) is 6.34. The lowest BCUT2D eigenvalue weighted by Gasteiger charge is -2.01. The van der Waals surface area contributed by atoms with Crippen LogP contribution in [-0.2, 0) is 6.54 Å². The molecule has 106 valence electrons. The number of thiazole rings is 2. The topological polar surface area (TPSA) is 92.9 Å². The van der Waals surface area contributed by atoms with Crippen LogP contribution < -0.4 is 16.4 Å². The quantitative estimate of drug-likeness (QED) is 0.785. The normalized spacial score (nSPS) is 14.2. The highest BCUT2D eigenvalue weighted by atomic mass is 32.1. The fraction of sp³-hybridized carbons (Fsp3) is 0.417. The van der Waals surface area contributed by atoms with Crippen LogP contribution in [0, 0.1) is 6.92 Å². The van der Waals surface area contributed by atoms with Crippen molar-refractivity contribution in [3.63, 3.8) is 0 Å². The highest BCUT2D eigenvalue weighted by Gasteiger charge is 2.24. The molecule has 4 N–H and O–H groups in total. The Morgan fingerprint density at radius 2 is 2.30 bits per heavy atom. The van der Waals surface area contributed by atoms with Crippen LogP contribution in [-0.4, -0.2) is 21.9 Å². The van der Waals surface area contributed by atoms with Gasteiger partial charge in [-0.3, -0.25) is 4.79 Å². The lowest BCUT2D eigenvalue weighted by Crippen LogP contribution is -2.22. The summed E-state index contributed by atoms with van der Waals surface area (Å²) in [4.78, 5) is 21.9. The van der Waals surface area contributed by atoms with Gasteiger partial charge in [-0.2, -0.15) is 0 Å². The van der Waals surface area contributed by atoms with Crippen LogP contribution in [0.15, 0.2) is 6.20 Å². The largest absolute Gasteiger partial charge is 0.382 e. The van der Waals surface area contributed by atoms with Gasteiger partial charge in [-0.25, -0.2) is 9.97 Å². The summed E-state index contributed by atoms with van der Waals surface area (Å²) in [5.74, 6) is 0.103. The van der Waals surface area contributed by atoms with E-state index in [-0.39, 0.29) is 11.7 Å². The van der Waals surface area contributed by atoms with Gasteiger partial charge in [0.25, 0.3) is 5.91 Å². The van der Waals surface area contributed by atoms with Crippen molar-refractivity contribution in [1.82, 2.24) is 15.3 Å². The Morgan fingerprint density at radius 3 is 2.95 bits per heavy atom. The van der Waals surface area contributed by atoms with Crippen molar-refractivity contribution in [2.45, 2.75) is 32.4 Å². The molecule has 1 aliphatic carbocycles. The number of hydrogen-bond acceptors (Lipinski definition) is 7. The molecule has 0 aliphatic heterocycles. The monoisotopic (exact) mass is 309 g/mol. The van der Waals surface area contributed by atoms with Crippen LogP contribution >= 0.6 is 22.7 Å². The first kappa shape index (κ1) is 13.3. The number of anilines is 2. The zero-order valence-corrected chi connectivity index (χ0v) is 12.6. The van der Waals surface area contributed by atoms with Crippen molar-refractivity contribution in [2.24, 2.45) is 0 Å². The lowest BCUT2D eigenvalue weighted by atomic mass is 10.4.